The fourth-order valence-corrected chi connectivity index (χ4v) is 1.99. The van der Waals surface area contributed by atoms with E-state index in [1.807, 2.05) is 30.3 Å². The fraction of sp³-hybridized carbons (Fsp3) is 0.200. The predicted molar refractivity (Wildman–Crippen MR) is 72.5 cm³/mol. The summed E-state index contributed by atoms with van der Waals surface area (Å²) in [5.41, 5.74) is 1.89. The maximum absolute atomic E-state index is 5.63. The van der Waals surface area contributed by atoms with Gasteiger partial charge in [0.25, 0.3) is 0 Å². The Morgan fingerprint density at radius 2 is 2.00 bits per heavy atom. The molecule has 0 bridgehead atoms. The van der Waals surface area contributed by atoms with Crippen molar-refractivity contribution in [1.29, 1.82) is 0 Å². The summed E-state index contributed by atoms with van der Waals surface area (Å²) in [5, 5.41) is 0. The molecule has 96 valence electrons. The highest BCUT2D eigenvalue weighted by Crippen LogP contribution is 2.24. The summed E-state index contributed by atoms with van der Waals surface area (Å²) in [6, 6.07) is 13.9. The first kappa shape index (κ1) is 11.7. The van der Waals surface area contributed by atoms with Crippen molar-refractivity contribution in [3.63, 3.8) is 0 Å². The van der Waals surface area contributed by atoms with Gasteiger partial charge in [0, 0.05) is 0 Å². The number of aromatic nitrogens is 1. The first-order chi connectivity index (χ1) is 9.36. The molecule has 1 atom stereocenters. The van der Waals surface area contributed by atoms with Crippen molar-refractivity contribution < 1.29 is 9.47 Å². The quantitative estimate of drug-likeness (QED) is 0.845. The lowest BCUT2D eigenvalue weighted by Gasteiger charge is -2.03. The van der Waals surface area contributed by atoms with Crippen LogP contribution in [0.15, 0.2) is 53.7 Å². The molecule has 0 unspecified atom stereocenters. The molecule has 0 N–H and O–H groups in total. The maximum atomic E-state index is 5.63. The lowest BCUT2D eigenvalue weighted by Crippen LogP contribution is -2.03. The Bertz CT molecular complexity index is 579. The van der Waals surface area contributed by atoms with Crippen LogP contribution in [0.25, 0.3) is 0 Å². The molecule has 0 saturated heterocycles. The Morgan fingerprint density at radius 1 is 1.16 bits per heavy atom. The summed E-state index contributed by atoms with van der Waals surface area (Å²) in [5.74, 6) is 1.32. The first-order valence-corrected chi connectivity index (χ1v) is 6.13. The van der Waals surface area contributed by atoms with E-state index in [9.17, 15) is 0 Å². The first-order valence-electron chi connectivity index (χ1n) is 6.13. The van der Waals surface area contributed by atoms with Gasteiger partial charge in [0.15, 0.2) is 0 Å². The fourth-order valence-electron chi connectivity index (χ4n) is 1.99. The Morgan fingerprint density at radius 3 is 2.68 bits per heavy atom. The summed E-state index contributed by atoms with van der Waals surface area (Å²) < 4.78 is 10.7. The standard InChI is InChI=1S/C15H14N2O2/c1-18-12-7-8-13(16-9-12)15-17-14(10-19-15)11-5-3-2-4-6-11/h2-9,14H,10H2,1H3/t14-/m1/s1. The van der Waals surface area contributed by atoms with Crippen LogP contribution >= 0.6 is 0 Å². The number of ether oxygens (including phenoxy) is 2. The molecule has 0 saturated carbocycles. The number of pyridine rings is 1. The third kappa shape index (κ3) is 2.42. The Balaban J connectivity index is 1.82. The summed E-state index contributed by atoms with van der Waals surface area (Å²) in [6.07, 6.45) is 1.66. The zero-order valence-electron chi connectivity index (χ0n) is 10.6. The zero-order chi connectivity index (χ0) is 13.1. The largest absolute Gasteiger partial charge is 0.495 e. The number of rotatable bonds is 3. The molecular weight excluding hydrogens is 240 g/mol. The van der Waals surface area contributed by atoms with Crippen LogP contribution in [0.3, 0.4) is 0 Å². The molecule has 1 aliphatic heterocycles. The van der Waals surface area contributed by atoms with Gasteiger partial charge >= 0.3 is 0 Å². The topological polar surface area (TPSA) is 43.7 Å². The third-order valence-electron chi connectivity index (χ3n) is 3.03. The van der Waals surface area contributed by atoms with Crippen LogP contribution in [0.4, 0.5) is 0 Å². The molecule has 4 heteroatoms. The van der Waals surface area contributed by atoms with Crippen molar-refractivity contribution in [2.75, 3.05) is 13.7 Å². The number of nitrogens with zero attached hydrogens (tertiary/aromatic N) is 2. The van der Waals surface area contributed by atoms with Gasteiger partial charge in [-0.1, -0.05) is 30.3 Å². The van der Waals surface area contributed by atoms with E-state index in [1.165, 1.54) is 0 Å². The van der Waals surface area contributed by atoms with E-state index in [2.05, 4.69) is 22.1 Å². The van der Waals surface area contributed by atoms with Crippen LogP contribution < -0.4 is 4.74 Å². The second kappa shape index (κ2) is 5.10. The lowest BCUT2D eigenvalue weighted by molar-refractivity contribution is 0.319. The smallest absolute Gasteiger partial charge is 0.236 e. The van der Waals surface area contributed by atoms with Crippen LogP contribution in [0.1, 0.15) is 17.3 Å². The van der Waals surface area contributed by atoms with Crippen LogP contribution in [0.2, 0.25) is 0 Å². The van der Waals surface area contributed by atoms with Crippen molar-refractivity contribution in [3.05, 3.63) is 59.9 Å². The Labute approximate surface area is 111 Å². The van der Waals surface area contributed by atoms with Gasteiger partial charge in [0.1, 0.15) is 24.1 Å². The molecular formula is C15H14N2O2. The number of hydrogen-bond donors (Lipinski definition) is 0. The summed E-state index contributed by atoms with van der Waals surface area (Å²) >= 11 is 0. The minimum atomic E-state index is 0.0556. The second-order valence-electron chi connectivity index (χ2n) is 4.26. The van der Waals surface area contributed by atoms with Gasteiger partial charge in [-0.2, -0.15) is 0 Å². The minimum Gasteiger partial charge on any atom is -0.495 e. The molecule has 4 nitrogen and oxygen atoms in total. The van der Waals surface area contributed by atoms with Crippen LogP contribution in [-0.2, 0) is 4.74 Å². The van der Waals surface area contributed by atoms with Crippen molar-refractivity contribution in [1.82, 2.24) is 4.98 Å². The van der Waals surface area contributed by atoms with E-state index in [0.717, 1.165) is 17.0 Å². The molecule has 1 aliphatic rings. The van der Waals surface area contributed by atoms with Gasteiger partial charge in [-0.25, -0.2) is 9.98 Å². The minimum absolute atomic E-state index is 0.0556. The van der Waals surface area contributed by atoms with Crippen LogP contribution in [0, 0.1) is 0 Å². The van der Waals surface area contributed by atoms with Gasteiger partial charge in [-0.05, 0) is 17.7 Å². The summed E-state index contributed by atoms with van der Waals surface area (Å²) in [7, 11) is 1.62. The highest BCUT2D eigenvalue weighted by Gasteiger charge is 2.22. The van der Waals surface area contributed by atoms with E-state index in [0.29, 0.717) is 12.5 Å². The molecule has 2 aromatic rings. The van der Waals surface area contributed by atoms with Gasteiger partial charge in [0.2, 0.25) is 5.90 Å². The highest BCUT2D eigenvalue weighted by atomic mass is 16.5. The third-order valence-corrected chi connectivity index (χ3v) is 3.03. The van der Waals surface area contributed by atoms with Gasteiger partial charge < -0.3 is 9.47 Å². The maximum Gasteiger partial charge on any atom is 0.236 e. The van der Waals surface area contributed by atoms with E-state index in [1.54, 1.807) is 13.3 Å². The average molecular weight is 254 g/mol. The van der Waals surface area contributed by atoms with Crippen molar-refractivity contribution in [3.8, 4) is 5.75 Å². The van der Waals surface area contributed by atoms with Crippen LogP contribution in [0.5, 0.6) is 5.75 Å². The molecule has 0 aliphatic carbocycles. The molecule has 1 aromatic heterocycles. The zero-order valence-corrected chi connectivity index (χ0v) is 10.6. The molecule has 19 heavy (non-hydrogen) atoms. The normalized spacial score (nSPS) is 17.7. The van der Waals surface area contributed by atoms with E-state index in [4.69, 9.17) is 9.47 Å². The molecule has 2 heterocycles. The van der Waals surface area contributed by atoms with E-state index < -0.39 is 0 Å². The Kier molecular flexibility index (Phi) is 3.14. The number of hydrogen-bond acceptors (Lipinski definition) is 4. The van der Waals surface area contributed by atoms with Gasteiger partial charge in [-0.3, -0.25) is 0 Å². The SMILES string of the molecule is COc1ccc(C2=N[C@@H](c3ccccc3)CO2)nc1. The van der Waals surface area contributed by atoms with E-state index >= 15 is 0 Å². The van der Waals surface area contributed by atoms with Crippen molar-refractivity contribution in [2.24, 2.45) is 4.99 Å². The molecule has 3 rings (SSSR count). The summed E-state index contributed by atoms with van der Waals surface area (Å²) in [6.45, 7) is 0.563. The molecule has 1 aromatic carbocycles. The number of benzene rings is 1. The van der Waals surface area contributed by atoms with E-state index in [-0.39, 0.29) is 6.04 Å². The Hall–Kier alpha value is -2.36. The van der Waals surface area contributed by atoms with Gasteiger partial charge in [-0.15, -0.1) is 0 Å². The summed E-state index contributed by atoms with van der Waals surface area (Å²) in [4.78, 5) is 8.85. The molecule has 0 fully saturated rings. The number of methoxy groups -OCH3 is 1. The highest BCUT2D eigenvalue weighted by molar-refractivity contribution is 5.93. The van der Waals surface area contributed by atoms with Crippen LogP contribution in [-0.4, -0.2) is 24.6 Å². The average Bonchev–Trinajstić information content (AvgIpc) is 2.98. The predicted octanol–water partition coefficient (Wildman–Crippen LogP) is 2.61. The van der Waals surface area contributed by atoms with Gasteiger partial charge in [0.05, 0.1) is 13.3 Å². The van der Waals surface area contributed by atoms with Crippen molar-refractivity contribution >= 4 is 5.90 Å². The molecule has 0 radical (unpaired) electrons. The lowest BCUT2D eigenvalue weighted by atomic mass is 10.1. The monoisotopic (exact) mass is 254 g/mol. The van der Waals surface area contributed by atoms with Crippen molar-refractivity contribution in [2.45, 2.75) is 6.04 Å². The second-order valence-corrected chi connectivity index (χ2v) is 4.26. The molecule has 0 amide bonds. The number of aliphatic imine (C=N–C) groups is 1. The molecule has 0 spiro atoms.